The maximum Gasteiger partial charge on any atom is 0.287 e. The molecule has 1 aromatic heterocycles. The molecule has 1 aliphatic rings. The number of rotatable bonds is 4. The van der Waals surface area contributed by atoms with E-state index in [-0.39, 0.29) is 11.5 Å². The fourth-order valence-corrected chi connectivity index (χ4v) is 3.42. The molecule has 1 amide bonds. The predicted molar refractivity (Wildman–Crippen MR) is 92.1 cm³/mol. The van der Waals surface area contributed by atoms with Gasteiger partial charge >= 0.3 is 0 Å². The van der Waals surface area contributed by atoms with Crippen molar-refractivity contribution in [2.24, 2.45) is 0 Å². The number of hydrogen-bond acceptors (Lipinski definition) is 3. The Labute approximate surface area is 140 Å². The smallest absolute Gasteiger partial charge is 0.287 e. The fourth-order valence-electron chi connectivity index (χ4n) is 3.42. The molecule has 1 aliphatic carbocycles. The number of carbonyl (C=O) groups excluding carboxylic acids is 1. The molecule has 3 aromatic rings. The van der Waals surface area contributed by atoms with E-state index >= 15 is 0 Å². The number of furan rings is 1. The molecule has 0 atom stereocenters. The Balaban J connectivity index is 1.48. The van der Waals surface area contributed by atoms with Gasteiger partial charge in [-0.05, 0) is 23.3 Å². The molecule has 0 spiro atoms. The van der Waals surface area contributed by atoms with E-state index in [2.05, 4.69) is 17.4 Å². The molecule has 0 saturated heterocycles. The van der Waals surface area contributed by atoms with E-state index in [1.54, 1.807) is 13.2 Å². The third-order valence-electron chi connectivity index (χ3n) is 4.80. The van der Waals surface area contributed by atoms with Gasteiger partial charge in [-0.25, -0.2) is 0 Å². The molecule has 0 aliphatic heterocycles. The first-order valence-corrected chi connectivity index (χ1v) is 8.08. The molecular weight excluding hydrogens is 302 g/mol. The van der Waals surface area contributed by atoms with Gasteiger partial charge in [-0.15, -0.1) is 0 Å². The molecule has 0 saturated carbocycles. The van der Waals surface area contributed by atoms with E-state index in [1.165, 1.54) is 11.1 Å². The summed E-state index contributed by atoms with van der Waals surface area (Å²) in [6.07, 6.45) is 1.61. The highest BCUT2D eigenvalue weighted by molar-refractivity contribution is 5.96. The van der Waals surface area contributed by atoms with E-state index in [1.807, 2.05) is 36.4 Å². The summed E-state index contributed by atoms with van der Waals surface area (Å²) in [4.78, 5) is 12.4. The van der Waals surface area contributed by atoms with Crippen molar-refractivity contribution in [2.45, 2.75) is 18.4 Å². The quantitative estimate of drug-likeness (QED) is 0.802. The van der Waals surface area contributed by atoms with Crippen LogP contribution in [0.2, 0.25) is 0 Å². The van der Waals surface area contributed by atoms with Gasteiger partial charge in [0, 0.05) is 31.9 Å². The second kappa shape index (κ2) is 5.80. The van der Waals surface area contributed by atoms with Crippen LogP contribution in [0.5, 0.6) is 0 Å². The van der Waals surface area contributed by atoms with Crippen LogP contribution < -0.4 is 5.32 Å². The largest absolute Gasteiger partial charge is 0.451 e. The minimum atomic E-state index is -0.384. The number of nitrogens with one attached hydrogen (secondary N) is 1. The van der Waals surface area contributed by atoms with Crippen molar-refractivity contribution >= 4 is 16.9 Å². The van der Waals surface area contributed by atoms with Crippen LogP contribution >= 0.6 is 0 Å². The van der Waals surface area contributed by atoms with Crippen molar-refractivity contribution in [3.05, 3.63) is 71.5 Å². The summed E-state index contributed by atoms with van der Waals surface area (Å²) in [5.41, 5.74) is 2.91. The number of hydrogen-bond donors (Lipinski definition) is 1. The van der Waals surface area contributed by atoms with Gasteiger partial charge in [0.05, 0.1) is 5.60 Å². The van der Waals surface area contributed by atoms with Crippen LogP contribution in [-0.2, 0) is 17.6 Å². The Kier molecular flexibility index (Phi) is 3.62. The Morgan fingerprint density at radius 3 is 2.46 bits per heavy atom. The van der Waals surface area contributed by atoms with E-state index in [4.69, 9.17) is 9.15 Å². The van der Waals surface area contributed by atoms with Crippen molar-refractivity contribution in [1.82, 2.24) is 5.32 Å². The van der Waals surface area contributed by atoms with Gasteiger partial charge in [0.2, 0.25) is 0 Å². The summed E-state index contributed by atoms with van der Waals surface area (Å²) in [6, 6.07) is 17.7. The van der Waals surface area contributed by atoms with Gasteiger partial charge in [0.25, 0.3) is 5.91 Å². The third kappa shape index (κ3) is 2.59. The molecule has 0 radical (unpaired) electrons. The first-order chi connectivity index (χ1) is 11.7. The Hall–Kier alpha value is -2.59. The van der Waals surface area contributed by atoms with Crippen LogP contribution in [0.15, 0.2) is 59.0 Å². The molecule has 1 heterocycles. The number of amides is 1. The van der Waals surface area contributed by atoms with Gasteiger partial charge in [0.15, 0.2) is 5.76 Å². The van der Waals surface area contributed by atoms with Crippen LogP contribution in [0, 0.1) is 0 Å². The fraction of sp³-hybridized carbons (Fsp3) is 0.250. The van der Waals surface area contributed by atoms with Crippen LogP contribution in [0.3, 0.4) is 0 Å². The summed E-state index contributed by atoms with van der Waals surface area (Å²) in [5.74, 6) is 0.122. The van der Waals surface area contributed by atoms with Gasteiger partial charge in [0.1, 0.15) is 5.58 Å². The molecule has 4 heteroatoms. The average Bonchev–Trinajstić information content (AvgIpc) is 3.21. The SMILES string of the molecule is COC1(CNC(=O)c2cc3ccccc3o2)Cc2ccccc2C1. The number of carbonyl (C=O) groups is 1. The standard InChI is InChI=1S/C20H19NO3/c1-23-20(11-15-7-2-3-8-16(15)12-20)13-21-19(22)18-10-14-6-4-5-9-17(14)24-18/h2-10H,11-13H2,1H3,(H,21,22). The lowest BCUT2D eigenvalue weighted by atomic mass is 10.00. The molecule has 4 nitrogen and oxygen atoms in total. The van der Waals surface area contributed by atoms with E-state index < -0.39 is 0 Å². The molecule has 122 valence electrons. The van der Waals surface area contributed by atoms with E-state index in [0.717, 1.165) is 23.8 Å². The Morgan fingerprint density at radius 2 is 1.79 bits per heavy atom. The number of para-hydroxylation sites is 1. The molecule has 0 bridgehead atoms. The molecule has 24 heavy (non-hydrogen) atoms. The maximum atomic E-state index is 12.4. The van der Waals surface area contributed by atoms with Crippen LogP contribution in [0.25, 0.3) is 11.0 Å². The lowest BCUT2D eigenvalue weighted by Gasteiger charge is -2.27. The zero-order valence-corrected chi connectivity index (χ0v) is 13.5. The number of methoxy groups -OCH3 is 1. The van der Waals surface area contributed by atoms with Crippen molar-refractivity contribution in [3.8, 4) is 0 Å². The van der Waals surface area contributed by atoms with E-state index in [0.29, 0.717) is 12.3 Å². The van der Waals surface area contributed by atoms with E-state index in [9.17, 15) is 4.79 Å². The minimum Gasteiger partial charge on any atom is -0.451 e. The van der Waals surface area contributed by atoms with Crippen molar-refractivity contribution < 1.29 is 13.9 Å². The molecule has 2 aromatic carbocycles. The zero-order valence-electron chi connectivity index (χ0n) is 13.5. The molecule has 0 fully saturated rings. The normalized spacial score (nSPS) is 15.4. The van der Waals surface area contributed by atoms with Crippen LogP contribution in [-0.4, -0.2) is 25.2 Å². The summed E-state index contributed by atoms with van der Waals surface area (Å²) >= 11 is 0. The summed E-state index contributed by atoms with van der Waals surface area (Å²) in [6.45, 7) is 0.452. The second-order valence-electron chi connectivity index (χ2n) is 6.34. The molecular formula is C20H19NO3. The third-order valence-corrected chi connectivity index (χ3v) is 4.80. The highest BCUT2D eigenvalue weighted by Gasteiger charge is 2.37. The van der Waals surface area contributed by atoms with Crippen LogP contribution in [0.4, 0.5) is 0 Å². The zero-order chi connectivity index (χ0) is 16.6. The van der Waals surface area contributed by atoms with Crippen molar-refractivity contribution in [3.63, 3.8) is 0 Å². The minimum absolute atomic E-state index is 0.210. The van der Waals surface area contributed by atoms with Gasteiger partial charge < -0.3 is 14.5 Å². The summed E-state index contributed by atoms with van der Waals surface area (Å²) in [7, 11) is 1.71. The number of fused-ring (bicyclic) bond motifs is 2. The topological polar surface area (TPSA) is 51.5 Å². The average molecular weight is 321 g/mol. The highest BCUT2D eigenvalue weighted by Crippen LogP contribution is 2.32. The summed E-state index contributed by atoms with van der Waals surface area (Å²) in [5, 5.41) is 3.90. The van der Waals surface area contributed by atoms with Crippen molar-refractivity contribution in [1.29, 1.82) is 0 Å². The number of benzene rings is 2. The summed E-state index contributed by atoms with van der Waals surface area (Å²) < 4.78 is 11.4. The first-order valence-electron chi connectivity index (χ1n) is 8.08. The molecule has 0 unspecified atom stereocenters. The predicted octanol–water partition coefficient (Wildman–Crippen LogP) is 3.35. The van der Waals surface area contributed by atoms with Gasteiger partial charge in [-0.3, -0.25) is 4.79 Å². The van der Waals surface area contributed by atoms with Gasteiger partial charge in [-0.1, -0.05) is 42.5 Å². The lowest BCUT2D eigenvalue weighted by molar-refractivity contribution is -0.00000557. The Morgan fingerprint density at radius 1 is 1.12 bits per heavy atom. The molecule has 4 rings (SSSR count). The number of ether oxygens (including phenoxy) is 1. The second-order valence-corrected chi connectivity index (χ2v) is 6.34. The van der Waals surface area contributed by atoms with Gasteiger partial charge in [-0.2, -0.15) is 0 Å². The Bertz CT molecular complexity index is 839. The van der Waals surface area contributed by atoms with Crippen molar-refractivity contribution in [2.75, 3.05) is 13.7 Å². The first kappa shape index (κ1) is 15.0. The highest BCUT2D eigenvalue weighted by atomic mass is 16.5. The molecule has 1 N–H and O–H groups in total. The van der Waals surface area contributed by atoms with Crippen LogP contribution in [0.1, 0.15) is 21.7 Å². The lowest BCUT2D eigenvalue weighted by Crippen LogP contribution is -2.45. The maximum absolute atomic E-state index is 12.4. The monoisotopic (exact) mass is 321 g/mol.